The molecule has 0 N–H and O–H groups in total. The molecule has 9 rings (SSSR count). The highest BCUT2D eigenvalue weighted by molar-refractivity contribution is 5.90. The van der Waals surface area contributed by atoms with E-state index in [2.05, 4.69) is 83.8 Å². The molecule has 44 heavy (non-hydrogen) atoms. The van der Waals surface area contributed by atoms with Crippen molar-refractivity contribution >= 4 is 0 Å². The number of hydrogen-bond donors (Lipinski definition) is 0. The van der Waals surface area contributed by atoms with Crippen LogP contribution in [0.3, 0.4) is 0 Å². The van der Waals surface area contributed by atoms with E-state index in [0.29, 0.717) is 23.2 Å². The van der Waals surface area contributed by atoms with Crippen LogP contribution in [0.1, 0.15) is 22.3 Å². The summed E-state index contributed by atoms with van der Waals surface area (Å²) in [5.74, 6) is 3.19. The number of benzene rings is 5. The summed E-state index contributed by atoms with van der Waals surface area (Å²) in [7, 11) is 0. The summed E-state index contributed by atoms with van der Waals surface area (Å²) in [5.41, 5.74) is 8.96. The molecular formula is C39H24N4O. The van der Waals surface area contributed by atoms with Crippen LogP contribution in [0, 0.1) is 0 Å². The first-order valence-corrected chi connectivity index (χ1v) is 14.7. The molecule has 2 aromatic heterocycles. The fourth-order valence-corrected chi connectivity index (χ4v) is 6.88. The third-order valence-corrected chi connectivity index (χ3v) is 8.68. The Morgan fingerprint density at radius 3 is 1.77 bits per heavy atom. The van der Waals surface area contributed by atoms with Crippen molar-refractivity contribution in [3.05, 3.63) is 168 Å². The second-order valence-corrected chi connectivity index (χ2v) is 11.0. The molecule has 7 aromatic rings. The summed E-state index contributed by atoms with van der Waals surface area (Å²) < 4.78 is 6.85. The number of pyridine rings is 1. The quantitative estimate of drug-likeness (QED) is 0.215. The van der Waals surface area contributed by atoms with Gasteiger partial charge in [-0.2, -0.15) is 0 Å². The van der Waals surface area contributed by atoms with Crippen molar-refractivity contribution in [2.75, 3.05) is 0 Å². The predicted molar refractivity (Wildman–Crippen MR) is 171 cm³/mol. The minimum atomic E-state index is -0.563. The van der Waals surface area contributed by atoms with Gasteiger partial charge >= 0.3 is 0 Å². The van der Waals surface area contributed by atoms with Crippen LogP contribution in [0.5, 0.6) is 11.5 Å². The van der Waals surface area contributed by atoms with Gasteiger partial charge in [0.15, 0.2) is 17.5 Å². The van der Waals surface area contributed by atoms with Crippen molar-refractivity contribution < 1.29 is 4.74 Å². The average molecular weight is 565 g/mol. The van der Waals surface area contributed by atoms with Crippen LogP contribution in [-0.4, -0.2) is 19.9 Å². The van der Waals surface area contributed by atoms with Crippen molar-refractivity contribution in [2.24, 2.45) is 0 Å². The van der Waals surface area contributed by atoms with Gasteiger partial charge < -0.3 is 4.74 Å². The van der Waals surface area contributed by atoms with Crippen LogP contribution in [0.2, 0.25) is 0 Å². The highest BCUT2D eigenvalue weighted by atomic mass is 16.5. The third kappa shape index (κ3) is 3.47. The molecule has 0 atom stereocenters. The lowest BCUT2D eigenvalue weighted by molar-refractivity contribution is 0.437. The average Bonchev–Trinajstić information content (AvgIpc) is 3.40. The fourth-order valence-electron chi connectivity index (χ4n) is 6.88. The largest absolute Gasteiger partial charge is 0.456 e. The van der Waals surface area contributed by atoms with E-state index in [9.17, 15) is 0 Å². The fraction of sp³-hybridized carbons (Fsp3) is 0.0256. The Hall–Kier alpha value is -5.94. The van der Waals surface area contributed by atoms with Crippen LogP contribution in [0.25, 0.3) is 45.4 Å². The van der Waals surface area contributed by atoms with Crippen LogP contribution in [0.15, 0.2) is 146 Å². The molecule has 0 saturated carbocycles. The van der Waals surface area contributed by atoms with Crippen molar-refractivity contribution in [3.8, 4) is 56.9 Å². The number of hydrogen-bond acceptors (Lipinski definition) is 5. The molecule has 5 aromatic carbocycles. The number of ether oxygens (including phenoxy) is 1. The van der Waals surface area contributed by atoms with Crippen LogP contribution >= 0.6 is 0 Å². The van der Waals surface area contributed by atoms with Gasteiger partial charge in [0.25, 0.3) is 0 Å². The van der Waals surface area contributed by atoms with Gasteiger partial charge in [0.1, 0.15) is 17.2 Å². The van der Waals surface area contributed by atoms with Gasteiger partial charge in [0, 0.05) is 22.9 Å². The number of para-hydroxylation sites is 2. The van der Waals surface area contributed by atoms with Crippen molar-refractivity contribution in [1.82, 2.24) is 19.9 Å². The molecule has 3 heterocycles. The summed E-state index contributed by atoms with van der Waals surface area (Å²) in [6.07, 6.45) is 1.75. The van der Waals surface area contributed by atoms with Gasteiger partial charge in [-0.3, -0.25) is 4.98 Å². The third-order valence-electron chi connectivity index (χ3n) is 8.68. The van der Waals surface area contributed by atoms with Crippen molar-refractivity contribution in [1.29, 1.82) is 0 Å². The lowest BCUT2D eigenvalue weighted by atomic mass is 9.66. The molecule has 1 spiro atoms. The molecular weight excluding hydrogens is 540 g/mol. The number of nitrogens with zero attached hydrogens (tertiary/aromatic N) is 4. The highest BCUT2D eigenvalue weighted by Gasteiger charge is 2.51. The van der Waals surface area contributed by atoms with Gasteiger partial charge in [0.2, 0.25) is 0 Å². The zero-order valence-electron chi connectivity index (χ0n) is 23.6. The normalized spacial score (nSPS) is 13.4. The monoisotopic (exact) mass is 564 g/mol. The Labute approximate surface area is 254 Å². The smallest absolute Gasteiger partial charge is 0.182 e. The second-order valence-electron chi connectivity index (χ2n) is 11.0. The molecule has 206 valence electrons. The number of rotatable bonds is 3. The van der Waals surface area contributed by atoms with Crippen LogP contribution < -0.4 is 4.74 Å². The molecule has 1 aliphatic carbocycles. The standard InChI is InChI=1S/C39H24N4O/c1-2-13-25(14-3-1)36-41-37(43-38(42-36)33-22-10-11-24-40-33)28-17-12-21-32-35(28)44-34-23-9-8-20-31(34)39(32)29-18-6-4-15-26(29)27-16-5-7-19-30(27)39/h1-24H. The molecule has 0 radical (unpaired) electrons. The van der Waals surface area contributed by atoms with Crippen LogP contribution in [0.4, 0.5) is 0 Å². The molecule has 5 heteroatoms. The van der Waals surface area contributed by atoms with E-state index < -0.39 is 5.41 Å². The Morgan fingerprint density at radius 2 is 1.02 bits per heavy atom. The topological polar surface area (TPSA) is 60.8 Å². The summed E-state index contributed by atoms with van der Waals surface area (Å²) >= 11 is 0. The molecule has 2 aliphatic rings. The molecule has 5 nitrogen and oxygen atoms in total. The van der Waals surface area contributed by atoms with Gasteiger partial charge in [-0.15, -0.1) is 0 Å². The molecule has 0 amide bonds. The predicted octanol–water partition coefficient (Wildman–Crippen LogP) is 8.74. The molecule has 1 aliphatic heterocycles. The van der Waals surface area contributed by atoms with E-state index in [-0.39, 0.29) is 0 Å². The molecule has 0 saturated heterocycles. The van der Waals surface area contributed by atoms with E-state index in [0.717, 1.165) is 33.8 Å². The Balaban J connectivity index is 1.35. The van der Waals surface area contributed by atoms with Crippen LogP contribution in [-0.2, 0) is 5.41 Å². The van der Waals surface area contributed by atoms with Gasteiger partial charge in [-0.25, -0.2) is 15.0 Å². The first-order valence-electron chi connectivity index (χ1n) is 14.7. The minimum Gasteiger partial charge on any atom is -0.456 e. The summed E-state index contributed by atoms with van der Waals surface area (Å²) in [4.78, 5) is 19.5. The molecule has 0 bridgehead atoms. The van der Waals surface area contributed by atoms with Crippen molar-refractivity contribution in [3.63, 3.8) is 0 Å². The maximum atomic E-state index is 6.85. The van der Waals surface area contributed by atoms with Gasteiger partial charge in [0.05, 0.1) is 11.0 Å². The zero-order chi connectivity index (χ0) is 29.1. The Morgan fingerprint density at radius 1 is 0.432 bits per heavy atom. The first-order chi connectivity index (χ1) is 21.8. The maximum absolute atomic E-state index is 6.85. The maximum Gasteiger partial charge on any atom is 0.182 e. The lowest BCUT2D eigenvalue weighted by Crippen LogP contribution is -2.32. The Bertz CT molecular complexity index is 2110. The number of aromatic nitrogens is 4. The van der Waals surface area contributed by atoms with E-state index in [4.69, 9.17) is 19.7 Å². The summed E-state index contributed by atoms with van der Waals surface area (Å²) in [6, 6.07) is 47.9. The molecule has 0 unspecified atom stereocenters. The van der Waals surface area contributed by atoms with Gasteiger partial charge in [-0.05, 0) is 46.5 Å². The minimum absolute atomic E-state index is 0.509. The highest BCUT2D eigenvalue weighted by Crippen LogP contribution is 2.62. The molecule has 0 fully saturated rings. The van der Waals surface area contributed by atoms with Gasteiger partial charge in [-0.1, -0.05) is 115 Å². The van der Waals surface area contributed by atoms with E-state index in [1.165, 1.54) is 22.3 Å². The second kappa shape index (κ2) is 9.54. The van der Waals surface area contributed by atoms with E-state index in [1.807, 2.05) is 60.7 Å². The van der Waals surface area contributed by atoms with E-state index >= 15 is 0 Å². The SMILES string of the molecule is c1ccc(-c2nc(-c3ccccn3)nc(-c3cccc4c3Oc3ccccc3C43c4ccccc4-c4ccccc43)n2)cc1. The van der Waals surface area contributed by atoms with Crippen molar-refractivity contribution in [2.45, 2.75) is 5.41 Å². The van der Waals surface area contributed by atoms with E-state index in [1.54, 1.807) is 6.20 Å². The number of fused-ring (bicyclic) bond motifs is 9. The lowest BCUT2D eigenvalue weighted by Gasteiger charge is -2.39. The zero-order valence-corrected chi connectivity index (χ0v) is 23.6. The summed E-state index contributed by atoms with van der Waals surface area (Å²) in [5, 5.41) is 0. The first kappa shape index (κ1) is 24.6. The Kier molecular flexibility index (Phi) is 5.34. The summed E-state index contributed by atoms with van der Waals surface area (Å²) in [6.45, 7) is 0.